The summed E-state index contributed by atoms with van der Waals surface area (Å²) in [5, 5.41) is 6.77. The van der Waals surface area contributed by atoms with E-state index in [0.29, 0.717) is 24.1 Å². The summed E-state index contributed by atoms with van der Waals surface area (Å²) in [5.74, 6) is 2.39. The van der Waals surface area contributed by atoms with Gasteiger partial charge in [0.15, 0.2) is 0 Å². The summed E-state index contributed by atoms with van der Waals surface area (Å²) in [7, 11) is 0. The van der Waals surface area contributed by atoms with Crippen LogP contribution in [0.2, 0.25) is 0 Å². The van der Waals surface area contributed by atoms with Crippen LogP contribution in [0.3, 0.4) is 0 Å². The molecular weight excluding hydrogens is 603 g/mol. The lowest BCUT2D eigenvalue weighted by Crippen LogP contribution is -2.52. The van der Waals surface area contributed by atoms with Crippen LogP contribution < -0.4 is 10.6 Å². The number of benzene rings is 2. The number of thioether (sulfide) groups is 1. The van der Waals surface area contributed by atoms with E-state index in [4.69, 9.17) is 0 Å². The zero-order chi connectivity index (χ0) is 31.3. The zero-order valence-corrected chi connectivity index (χ0v) is 27.7. The van der Waals surface area contributed by atoms with Gasteiger partial charge in [-0.2, -0.15) is 0 Å². The number of nitrogens with one attached hydrogen (secondary N) is 2. The van der Waals surface area contributed by atoms with Gasteiger partial charge in [-0.15, -0.1) is 23.1 Å². The van der Waals surface area contributed by atoms with Crippen molar-refractivity contribution in [3.05, 3.63) is 64.0 Å². The molecule has 2 saturated carbocycles. The fraction of sp³-hybridized carbons (Fsp3) is 0.500. The van der Waals surface area contributed by atoms with E-state index in [1.54, 1.807) is 28.0 Å². The average molecular weight is 644 g/mol. The Bertz CT molecular complexity index is 1660. The van der Waals surface area contributed by atoms with Crippen LogP contribution in [0.4, 0.5) is 0 Å². The molecule has 0 spiro atoms. The SMILES string of the molecule is CCC1(CNC(=O)c2ccc3sc(CSc4cccc5c4CN(C4CCC(=O)NC4=O)C5=O)cc3c2)CC2CC(C)CC(C2)C1. The molecule has 2 aromatic carbocycles. The molecule has 3 fully saturated rings. The number of amides is 4. The normalized spacial score (nSPS) is 27.9. The second-order valence-electron chi connectivity index (χ2n) is 13.9. The van der Waals surface area contributed by atoms with Gasteiger partial charge in [0, 0.05) is 50.9 Å². The number of carbonyl (C=O) groups excluding carboxylic acids is 4. The molecule has 0 radical (unpaired) electrons. The van der Waals surface area contributed by atoms with Crippen LogP contribution in [0.15, 0.2) is 47.4 Å². The molecule has 2 N–H and O–H groups in total. The zero-order valence-electron chi connectivity index (χ0n) is 26.0. The number of carbonyl (C=O) groups is 4. The first-order chi connectivity index (χ1) is 21.7. The van der Waals surface area contributed by atoms with Gasteiger partial charge < -0.3 is 10.2 Å². The van der Waals surface area contributed by atoms with Crippen LogP contribution in [0.25, 0.3) is 10.1 Å². The van der Waals surface area contributed by atoms with E-state index in [9.17, 15) is 19.2 Å². The molecule has 7 rings (SSSR count). The van der Waals surface area contributed by atoms with Crippen LogP contribution in [0, 0.1) is 23.2 Å². The first-order valence-electron chi connectivity index (χ1n) is 16.4. The number of nitrogens with zero attached hydrogens (tertiary/aromatic N) is 1. The second kappa shape index (κ2) is 12.2. The maximum absolute atomic E-state index is 13.3. The Kier molecular flexibility index (Phi) is 8.27. The minimum atomic E-state index is -0.618. The molecule has 3 unspecified atom stereocenters. The van der Waals surface area contributed by atoms with E-state index < -0.39 is 11.9 Å². The van der Waals surface area contributed by atoms with E-state index in [2.05, 4.69) is 36.6 Å². The topological polar surface area (TPSA) is 95.6 Å². The van der Waals surface area contributed by atoms with Gasteiger partial charge in [-0.3, -0.25) is 24.5 Å². The van der Waals surface area contributed by atoms with Crippen LogP contribution >= 0.6 is 23.1 Å². The Morgan fingerprint density at radius 1 is 1.09 bits per heavy atom. The molecule has 2 aliphatic heterocycles. The molecule has 9 heteroatoms. The van der Waals surface area contributed by atoms with Crippen LogP contribution in [-0.2, 0) is 21.9 Å². The lowest BCUT2D eigenvalue weighted by atomic mass is 9.58. The maximum atomic E-state index is 13.3. The van der Waals surface area contributed by atoms with E-state index in [0.717, 1.165) is 57.0 Å². The smallest absolute Gasteiger partial charge is 0.255 e. The van der Waals surface area contributed by atoms with E-state index >= 15 is 0 Å². The standard InChI is InChI=1S/C36H41N3O4S2/c1-3-36(16-22-11-21(2)12-23(13-22)17-36)20-37-33(41)24-7-9-30-25(14-24)15-26(45-30)19-44-31-6-4-5-27-28(31)18-39(35(27)43)29-8-10-32(40)38-34(29)42/h4-7,9,14-15,21-23,29H,3,8,10-13,16-20H2,1-2H3,(H,37,41)(H,38,40,42). The highest BCUT2D eigenvalue weighted by atomic mass is 32.2. The molecule has 236 valence electrons. The third-order valence-corrected chi connectivity index (χ3v) is 13.1. The first-order valence-corrected chi connectivity index (χ1v) is 18.2. The Morgan fingerprint density at radius 3 is 2.64 bits per heavy atom. The minimum absolute atomic E-state index is 0.0148. The quantitative estimate of drug-likeness (QED) is 0.205. The summed E-state index contributed by atoms with van der Waals surface area (Å²) < 4.78 is 1.15. The highest BCUT2D eigenvalue weighted by molar-refractivity contribution is 7.98. The van der Waals surface area contributed by atoms with Gasteiger partial charge in [0.2, 0.25) is 11.8 Å². The van der Waals surface area contributed by atoms with Gasteiger partial charge in [-0.25, -0.2) is 0 Å². The molecule has 45 heavy (non-hydrogen) atoms. The Labute approximate surface area is 272 Å². The van der Waals surface area contributed by atoms with E-state index in [1.165, 1.54) is 37.0 Å². The first kappa shape index (κ1) is 30.5. The third-order valence-electron chi connectivity index (χ3n) is 10.7. The van der Waals surface area contributed by atoms with Crippen molar-refractivity contribution in [2.75, 3.05) is 6.54 Å². The van der Waals surface area contributed by atoms with Gasteiger partial charge in [0.25, 0.3) is 11.8 Å². The number of piperidine rings is 1. The van der Waals surface area contributed by atoms with Crippen LogP contribution in [0.1, 0.15) is 96.4 Å². The number of hydrogen-bond donors (Lipinski definition) is 2. The Hall–Kier alpha value is -3.17. The second-order valence-corrected chi connectivity index (χ2v) is 16.1. The maximum Gasteiger partial charge on any atom is 0.255 e. The van der Waals surface area contributed by atoms with Crippen molar-refractivity contribution in [1.82, 2.24) is 15.5 Å². The van der Waals surface area contributed by atoms with Crippen molar-refractivity contribution in [1.29, 1.82) is 0 Å². The molecule has 4 aliphatic rings. The highest BCUT2D eigenvalue weighted by Gasteiger charge is 2.43. The predicted molar refractivity (Wildman–Crippen MR) is 178 cm³/mol. The molecule has 7 nitrogen and oxygen atoms in total. The third kappa shape index (κ3) is 6.06. The van der Waals surface area contributed by atoms with Crippen molar-refractivity contribution < 1.29 is 19.2 Å². The number of imide groups is 1. The van der Waals surface area contributed by atoms with Crippen molar-refractivity contribution >= 4 is 56.8 Å². The van der Waals surface area contributed by atoms with Gasteiger partial charge in [0.05, 0.1) is 0 Å². The van der Waals surface area contributed by atoms with Gasteiger partial charge >= 0.3 is 0 Å². The van der Waals surface area contributed by atoms with E-state index in [-0.39, 0.29) is 29.6 Å². The summed E-state index contributed by atoms with van der Waals surface area (Å²) in [6.45, 7) is 5.83. The minimum Gasteiger partial charge on any atom is -0.351 e. The van der Waals surface area contributed by atoms with Crippen molar-refractivity contribution in [2.45, 2.75) is 88.4 Å². The Morgan fingerprint density at radius 2 is 1.89 bits per heavy atom. The summed E-state index contributed by atoms with van der Waals surface area (Å²) >= 11 is 3.42. The van der Waals surface area contributed by atoms with Crippen molar-refractivity contribution in [2.24, 2.45) is 23.2 Å². The molecule has 3 heterocycles. The highest BCUT2D eigenvalue weighted by Crippen LogP contribution is 2.51. The summed E-state index contributed by atoms with van der Waals surface area (Å²) in [5.41, 5.74) is 2.51. The molecule has 1 aromatic heterocycles. The fourth-order valence-electron chi connectivity index (χ4n) is 8.62. The summed E-state index contributed by atoms with van der Waals surface area (Å²) in [6, 6.07) is 13.3. The largest absolute Gasteiger partial charge is 0.351 e. The number of rotatable bonds is 8. The summed E-state index contributed by atoms with van der Waals surface area (Å²) in [4.78, 5) is 54.4. The summed E-state index contributed by atoms with van der Waals surface area (Å²) in [6.07, 6.45) is 8.25. The molecule has 2 aliphatic carbocycles. The number of hydrogen-bond acceptors (Lipinski definition) is 6. The molecular formula is C36H41N3O4S2. The number of thiophene rings is 1. The molecule has 4 amide bonds. The Balaban J connectivity index is 0.997. The predicted octanol–water partition coefficient (Wildman–Crippen LogP) is 6.93. The van der Waals surface area contributed by atoms with Crippen LogP contribution in [0.5, 0.6) is 0 Å². The monoisotopic (exact) mass is 643 g/mol. The van der Waals surface area contributed by atoms with Gasteiger partial charge in [0.1, 0.15) is 6.04 Å². The van der Waals surface area contributed by atoms with E-state index in [1.807, 2.05) is 30.3 Å². The average Bonchev–Trinajstić information content (AvgIpc) is 3.58. The molecule has 3 aromatic rings. The van der Waals surface area contributed by atoms with Gasteiger partial charge in [-0.05, 0) is 115 Å². The number of fused-ring (bicyclic) bond motifs is 4. The van der Waals surface area contributed by atoms with Gasteiger partial charge in [-0.1, -0.05) is 19.9 Å². The molecule has 3 atom stereocenters. The molecule has 1 saturated heterocycles. The molecule has 2 bridgehead atoms. The van der Waals surface area contributed by atoms with Crippen molar-refractivity contribution in [3.8, 4) is 0 Å². The van der Waals surface area contributed by atoms with Crippen molar-refractivity contribution in [3.63, 3.8) is 0 Å². The fourth-order valence-corrected chi connectivity index (χ4v) is 10.8. The van der Waals surface area contributed by atoms with Crippen LogP contribution in [-0.4, -0.2) is 41.1 Å². The lowest BCUT2D eigenvalue weighted by molar-refractivity contribution is -0.136. The lowest BCUT2D eigenvalue weighted by Gasteiger charge is -2.48.